The van der Waals surface area contributed by atoms with Crippen LogP contribution in [0.3, 0.4) is 0 Å². The molecule has 0 atom stereocenters. The summed E-state index contributed by atoms with van der Waals surface area (Å²) in [4.78, 5) is 2.38. The topological polar surface area (TPSA) is 15.3 Å². The second kappa shape index (κ2) is 8.38. The van der Waals surface area contributed by atoms with E-state index in [1.807, 2.05) is 6.07 Å². The molecule has 1 aliphatic rings. The zero-order valence-corrected chi connectivity index (χ0v) is 13.5. The summed E-state index contributed by atoms with van der Waals surface area (Å²) in [5.74, 6) is -0.138. The zero-order chi connectivity index (χ0) is 15.1. The lowest BCUT2D eigenvalue weighted by Crippen LogP contribution is -2.32. The Kier molecular flexibility index (Phi) is 6.50. The Hall–Kier alpha value is -1.09. The summed E-state index contributed by atoms with van der Waals surface area (Å²) in [5.41, 5.74) is 2.27. The zero-order valence-electron chi connectivity index (χ0n) is 13.5. The van der Waals surface area contributed by atoms with Gasteiger partial charge in [-0.3, -0.25) is 0 Å². The Morgan fingerprint density at radius 2 is 1.90 bits per heavy atom. The van der Waals surface area contributed by atoms with Gasteiger partial charge in [0.2, 0.25) is 0 Å². The van der Waals surface area contributed by atoms with Crippen LogP contribution < -0.4 is 10.2 Å². The minimum atomic E-state index is -0.138. The van der Waals surface area contributed by atoms with Crippen LogP contribution in [-0.4, -0.2) is 19.6 Å². The van der Waals surface area contributed by atoms with Gasteiger partial charge in [-0.2, -0.15) is 0 Å². The van der Waals surface area contributed by atoms with E-state index in [2.05, 4.69) is 24.2 Å². The van der Waals surface area contributed by atoms with Gasteiger partial charge < -0.3 is 10.2 Å². The largest absolute Gasteiger partial charge is 0.371 e. The maximum Gasteiger partial charge on any atom is 0.123 e. The number of rotatable bonds is 6. The summed E-state index contributed by atoms with van der Waals surface area (Å²) in [5, 5.41) is 3.40. The van der Waals surface area contributed by atoms with Crippen LogP contribution in [0.4, 0.5) is 10.1 Å². The Morgan fingerprint density at radius 3 is 2.57 bits per heavy atom. The van der Waals surface area contributed by atoms with Crippen molar-refractivity contribution in [2.24, 2.45) is 0 Å². The van der Waals surface area contributed by atoms with Gasteiger partial charge in [-0.15, -0.1) is 0 Å². The van der Waals surface area contributed by atoms with Crippen molar-refractivity contribution in [1.29, 1.82) is 0 Å². The molecule has 0 bridgehead atoms. The highest BCUT2D eigenvalue weighted by Gasteiger charge is 2.19. The Bertz CT molecular complexity index is 425. The molecule has 1 aromatic rings. The highest BCUT2D eigenvalue weighted by molar-refractivity contribution is 5.54. The fourth-order valence-electron chi connectivity index (χ4n) is 3.28. The molecule has 0 spiro atoms. The molecule has 1 N–H and O–H groups in total. The number of halogens is 1. The quantitative estimate of drug-likeness (QED) is 0.614. The maximum atomic E-state index is 13.6. The molecule has 0 aliphatic heterocycles. The van der Waals surface area contributed by atoms with E-state index < -0.39 is 0 Å². The molecule has 0 amide bonds. The molecule has 1 saturated carbocycles. The predicted octanol–water partition coefficient (Wildman–Crippen LogP) is 4.48. The third-order valence-corrected chi connectivity index (χ3v) is 4.54. The van der Waals surface area contributed by atoms with Crippen LogP contribution in [0.2, 0.25) is 0 Å². The van der Waals surface area contributed by atoms with Gasteiger partial charge in [-0.1, -0.05) is 32.6 Å². The molecule has 21 heavy (non-hydrogen) atoms. The fourth-order valence-corrected chi connectivity index (χ4v) is 3.28. The van der Waals surface area contributed by atoms with E-state index in [9.17, 15) is 4.39 Å². The van der Waals surface area contributed by atoms with Crippen LogP contribution in [0.5, 0.6) is 0 Å². The third kappa shape index (κ3) is 4.70. The highest BCUT2D eigenvalue weighted by atomic mass is 19.1. The van der Waals surface area contributed by atoms with Gasteiger partial charge in [0.05, 0.1) is 0 Å². The summed E-state index contributed by atoms with van der Waals surface area (Å²) in [7, 11) is 2.17. The van der Waals surface area contributed by atoms with E-state index >= 15 is 0 Å². The molecule has 0 heterocycles. The van der Waals surface area contributed by atoms with E-state index in [0.717, 1.165) is 25.1 Å². The van der Waals surface area contributed by atoms with Crippen molar-refractivity contribution >= 4 is 5.69 Å². The fraction of sp³-hybridized carbons (Fsp3) is 0.667. The molecular weight excluding hydrogens is 263 g/mol. The van der Waals surface area contributed by atoms with Gasteiger partial charge in [0, 0.05) is 25.3 Å². The first kappa shape index (κ1) is 16.3. The maximum absolute atomic E-state index is 13.6. The molecule has 3 heteroatoms. The first-order valence-electron chi connectivity index (χ1n) is 8.44. The summed E-state index contributed by atoms with van der Waals surface area (Å²) >= 11 is 0. The normalized spacial score (nSPS) is 16.7. The lowest BCUT2D eigenvalue weighted by molar-refractivity contribution is 0.549. The van der Waals surface area contributed by atoms with Gasteiger partial charge in [0.25, 0.3) is 0 Å². The van der Waals surface area contributed by atoms with E-state index in [1.165, 1.54) is 44.2 Å². The minimum Gasteiger partial charge on any atom is -0.371 e. The molecule has 0 radical (unpaired) electrons. The van der Waals surface area contributed by atoms with Crippen molar-refractivity contribution in [3.8, 4) is 0 Å². The number of hydrogen-bond acceptors (Lipinski definition) is 2. The average molecular weight is 292 g/mol. The smallest absolute Gasteiger partial charge is 0.123 e. The van der Waals surface area contributed by atoms with Crippen LogP contribution in [0.1, 0.15) is 57.4 Å². The van der Waals surface area contributed by atoms with Gasteiger partial charge in [-0.25, -0.2) is 4.39 Å². The Morgan fingerprint density at radius 1 is 1.19 bits per heavy atom. The first-order chi connectivity index (χ1) is 10.2. The molecule has 2 nitrogen and oxygen atoms in total. The third-order valence-electron chi connectivity index (χ3n) is 4.54. The second-order valence-electron chi connectivity index (χ2n) is 6.21. The van der Waals surface area contributed by atoms with Crippen LogP contribution in [-0.2, 0) is 6.54 Å². The second-order valence-corrected chi connectivity index (χ2v) is 6.21. The van der Waals surface area contributed by atoms with E-state index in [1.54, 1.807) is 12.1 Å². The van der Waals surface area contributed by atoms with Crippen LogP contribution >= 0.6 is 0 Å². The summed E-state index contributed by atoms with van der Waals surface area (Å²) in [6.45, 7) is 3.87. The molecule has 0 aromatic heterocycles. The lowest BCUT2D eigenvalue weighted by atomic mass is 10.0. The van der Waals surface area contributed by atoms with Crippen molar-refractivity contribution in [3.63, 3.8) is 0 Å². The molecule has 0 saturated heterocycles. The first-order valence-corrected chi connectivity index (χ1v) is 8.44. The predicted molar refractivity (Wildman–Crippen MR) is 88.3 cm³/mol. The lowest BCUT2D eigenvalue weighted by Gasteiger charge is -2.31. The monoisotopic (exact) mass is 292 g/mol. The van der Waals surface area contributed by atoms with Crippen molar-refractivity contribution in [2.45, 2.75) is 64.5 Å². The van der Waals surface area contributed by atoms with Crippen LogP contribution in [0.15, 0.2) is 18.2 Å². The van der Waals surface area contributed by atoms with Crippen molar-refractivity contribution < 1.29 is 4.39 Å². The minimum absolute atomic E-state index is 0.138. The van der Waals surface area contributed by atoms with E-state index in [0.29, 0.717) is 6.04 Å². The van der Waals surface area contributed by atoms with Crippen molar-refractivity contribution in [1.82, 2.24) is 5.32 Å². The number of benzene rings is 1. The standard InChI is InChI=1S/C18H29FN2/c1-3-12-20-14-15-13-16(19)10-11-18(15)21(2)17-8-6-4-5-7-9-17/h10-11,13,17,20H,3-9,12,14H2,1-2H3. The van der Waals surface area contributed by atoms with Crippen molar-refractivity contribution in [2.75, 3.05) is 18.5 Å². The van der Waals surface area contributed by atoms with E-state index in [4.69, 9.17) is 0 Å². The molecular formula is C18H29FN2. The molecule has 118 valence electrons. The van der Waals surface area contributed by atoms with Gasteiger partial charge in [-0.05, 0) is 49.6 Å². The Balaban J connectivity index is 2.12. The van der Waals surface area contributed by atoms with Crippen LogP contribution in [0, 0.1) is 5.82 Å². The summed E-state index contributed by atoms with van der Waals surface area (Å²) < 4.78 is 13.6. The SMILES string of the molecule is CCCNCc1cc(F)ccc1N(C)C1CCCCCC1. The number of nitrogens with one attached hydrogen (secondary N) is 1. The van der Waals surface area contributed by atoms with Gasteiger partial charge in [0.1, 0.15) is 5.82 Å². The highest BCUT2D eigenvalue weighted by Crippen LogP contribution is 2.28. The number of hydrogen-bond donors (Lipinski definition) is 1. The molecule has 2 rings (SSSR count). The van der Waals surface area contributed by atoms with Gasteiger partial charge in [0.15, 0.2) is 0 Å². The van der Waals surface area contributed by atoms with Gasteiger partial charge >= 0.3 is 0 Å². The molecule has 1 aromatic carbocycles. The van der Waals surface area contributed by atoms with E-state index in [-0.39, 0.29) is 5.82 Å². The van der Waals surface area contributed by atoms with Crippen molar-refractivity contribution in [3.05, 3.63) is 29.6 Å². The number of anilines is 1. The molecule has 0 unspecified atom stereocenters. The molecule has 1 fully saturated rings. The average Bonchev–Trinajstić information content (AvgIpc) is 2.76. The summed E-state index contributed by atoms with van der Waals surface area (Å²) in [6.07, 6.45) is 8.98. The van der Waals surface area contributed by atoms with Crippen LogP contribution in [0.25, 0.3) is 0 Å². The number of nitrogens with zero attached hydrogens (tertiary/aromatic N) is 1. The molecule has 1 aliphatic carbocycles. The Labute approximate surface area is 128 Å². The summed E-state index contributed by atoms with van der Waals surface area (Å²) in [6, 6.07) is 5.82.